The number of aromatic hydroxyl groups is 1. The third-order valence-electron chi connectivity index (χ3n) is 4.40. The van der Waals surface area contributed by atoms with E-state index in [1.807, 2.05) is 6.92 Å². The summed E-state index contributed by atoms with van der Waals surface area (Å²) in [6, 6.07) is 1.59. The molecule has 1 aliphatic carbocycles. The predicted octanol–water partition coefficient (Wildman–Crippen LogP) is 0.703. The Bertz CT molecular complexity index is 667. The zero-order valence-corrected chi connectivity index (χ0v) is 12.7. The Morgan fingerprint density at radius 2 is 2.09 bits per heavy atom. The summed E-state index contributed by atoms with van der Waals surface area (Å²) in [6.07, 6.45) is -0.856. The molecular weight excluding hydrogens is 304 g/mol. The molecule has 0 aromatic heterocycles. The Labute approximate surface area is 132 Å². The average molecular weight is 322 g/mol. The number of methoxy groups -OCH3 is 1. The highest BCUT2D eigenvalue weighted by atomic mass is 16.7. The maximum absolute atomic E-state index is 11.5. The normalized spacial score (nSPS) is 29.3. The van der Waals surface area contributed by atoms with E-state index in [9.17, 15) is 20.1 Å². The summed E-state index contributed by atoms with van der Waals surface area (Å²) in [5.41, 5.74) is 1.05. The number of ether oxygens (including phenoxy) is 3. The van der Waals surface area contributed by atoms with Gasteiger partial charge < -0.3 is 29.5 Å². The van der Waals surface area contributed by atoms with Gasteiger partial charge in [-0.1, -0.05) is 6.92 Å². The van der Waals surface area contributed by atoms with E-state index in [-0.39, 0.29) is 29.8 Å². The number of carbonyl (C=O) groups is 1. The van der Waals surface area contributed by atoms with Crippen molar-refractivity contribution in [3.8, 4) is 17.2 Å². The molecule has 1 heterocycles. The zero-order valence-electron chi connectivity index (χ0n) is 12.7. The first-order valence-electron chi connectivity index (χ1n) is 7.21. The maximum Gasteiger partial charge on any atom is 0.231 e. The molecule has 7 nitrogen and oxygen atoms in total. The van der Waals surface area contributed by atoms with E-state index in [0.717, 1.165) is 0 Å². The zero-order chi connectivity index (χ0) is 16.7. The number of aliphatic hydroxyl groups excluding tert-OH is 2. The molecule has 1 aliphatic heterocycles. The third kappa shape index (κ3) is 2.37. The van der Waals surface area contributed by atoms with Crippen LogP contribution in [0.3, 0.4) is 0 Å². The predicted molar refractivity (Wildman–Crippen MR) is 79.6 cm³/mol. The summed E-state index contributed by atoms with van der Waals surface area (Å²) in [5.74, 6) is -0.154. The lowest BCUT2D eigenvalue weighted by molar-refractivity contribution is -0.0785. The van der Waals surface area contributed by atoms with Crippen LogP contribution in [-0.4, -0.2) is 53.8 Å². The van der Waals surface area contributed by atoms with E-state index in [2.05, 4.69) is 0 Å². The first-order chi connectivity index (χ1) is 11.0. The molecule has 1 aromatic rings. The minimum atomic E-state index is -1.14. The van der Waals surface area contributed by atoms with Gasteiger partial charge in [0.15, 0.2) is 17.8 Å². The second kappa shape index (κ2) is 5.84. The Hall–Kier alpha value is -2.09. The van der Waals surface area contributed by atoms with Crippen LogP contribution in [0.15, 0.2) is 12.1 Å². The van der Waals surface area contributed by atoms with Gasteiger partial charge in [0.25, 0.3) is 0 Å². The molecule has 1 aromatic carbocycles. The van der Waals surface area contributed by atoms with Crippen molar-refractivity contribution < 1.29 is 34.3 Å². The molecule has 4 unspecified atom stereocenters. The van der Waals surface area contributed by atoms with Crippen LogP contribution in [0.1, 0.15) is 22.8 Å². The lowest BCUT2D eigenvalue weighted by Crippen LogP contribution is -2.45. The fourth-order valence-corrected chi connectivity index (χ4v) is 3.18. The van der Waals surface area contributed by atoms with E-state index < -0.39 is 18.3 Å². The van der Waals surface area contributed by atoms with Gasteiger partial charge >= 0.3 is 0 Å². The molecule has 124 valence electrons. The summed E-state index contributed by atoms with van der Waals surface area (Å²) >= 11 is 0. The minimum absolute atomic E-state index is 0.0404. The number of benzene rings is 1. The van der Waals surface area contributed by atoms with Crippen LogP contribution in [0, 0.1) is 5.92 Å². The fourth-order valence-electron chi connectivity index (χ4n) is 3.18. The molecular formula is C16H18O7. The van der Waals surface area contributed by atoms with Crippen molar-refractivity contribution in [1.29, 1.82) is 0 Å². The van der Waals surface area contributed by atoms with Crippen molar-refractivity contribution in [1.82, 2.24) is 0 Å². The standard InChI is InChI=1S/C16H18O7/c1-7-8(3-11(18)14(20)15(7)21-2)9-4-12-16(23-6-22-12)13(19)10(9)5-17/h3-5,7,11,14-15,18-20H,6H2,1-2H3. The van der Waals surface area contributed by atoms with Crippen LogP contribution in [-0.2, 0) is 4.74 Å². The van der Waals surface area contributed by atoms with Crippen molar-refractivity contribution in [2.45, 2.75) is 25.2 Å². The summed E-state index contributed by atoms with van der Waals surface area (Å²) in [5, 5.41) is 30.3. The largest absolute Gasteiger partial charge is 0.504 e. The van der Waals surface area contributed by atoms with Gasteiger partial charge in [-0.05, 0) is 23.3 Å². The number of carbonyl (C=O) groups excluding carboxylic acids is 1. The molecule has 0 radical (unpaired) electrons. The highest BCUT2D eigenvalue weighted by Crippen LogP contribution is 2.47. The topological polar surface area (TPSA) is 105 Å². The van der Waals surface area contributed by atoms with E-state index in [0.29, 0.717) is 23.2 Å². The molecule has 7 heteroatoms. The smallest absolute Gasteiger partial charge is 0.231 e. The van der Waals surface area contributed by atoms with Crippen LogP contribution < -0.4 is 9.47 Å². The number of aliphatic hydroxyl groups is 2. The number of hydrogen-bond donors (Lipinski definition) is 3. The number of rotatable bonds is 3. The first-order valence-corrected chi connectivity index (χ1v) is 7.21. The fraction of sp³-hybridized carbons (Fsp3) is 0.438. The van der Waals surface area contributed by atoms with Crippen molar-refractivity contribution in [2.75, 3.05) is 13.9 Å². The van der Waals surface area contributed by atoms with Crippen LogP contribution in [0.5, 0.6) is 17.2 Å². The molecule has 0 spiro atoms. The van der Waals surface area contributed by atoms with Gasteiger partial charge in [0.2, 0.25) is 12.5 Å². The summed E-state index contributed by atoms with van der Waals surface area (Å²) in [7, 11) is 1.44. The second-order valence-electron chi connectivity index (χ2n) is 5.63. The Morgan fingerprint density at radius 1 is 1.35 bits per heavy atom. The number of phenolic OH excluding ortho intramolecular Hbond substituents is 1. The Kier molecular flexibility index (Phi) is 4.01. The van der Waals surface area contributed by atoms with Gasteiger partial charge in [-0.15, -0.1) is 0 Å². The van der Waals surface area contributed by atoms with Crippen LogP contribution in [0.4, 0.5) is 0 Å². The molecule has 23 heavy (non-hydrogen) atoms. The van der Waals surface area contributed by atoms with Gasteiger partial charge in [-0.25, -0.2) is 0 Å². The van der Waals surface area contributed by atoms with E-state index in [4.69, 9.17) is 14.2 Å². The summed E-state index contributed by atoms with van der Waals surface area (Å²) in [4.78, 5) is 11.5. The van der Waals surface area contributed by atoms with Gasteiger partial charge in [-0.3, -0.25) is 4.79 Å². The molecule has 3 rings (SSSR count). The molecule has 0 bridgehead atoms. The highest BCUT2D eigenvalue weighted by molar-refractivity contribution is 5.92. The first kappa shape index (κ1) is 15.8. The molecule has 2 aliphatic rings. The molecule has 0 fully saturated rings. The van der Waals surface area contributed by atoms with Gasteiger partial charge in [0.1, 0.15) is 12.2 Å². The van der Waals surface area contributed by atoms with Gasteiger partial charge in [0.05, 0.1) is 11.7 Å². The molecule has 0 amide bonds. The van der Waals surface area contributed by atoms with Crippen LogP contribution in [0.2, 0.25) is 0 Å². The van der Waals surface area contributed by atoms with E-state index in [1.165, 1.54) is 13.2 Å². The van der Waals surface area contributed by atoms with Gasteiger partial charge in [-0.2, -0.15) is 0 Å². The number of aldehydes is 1. The van der Waals surface area contributed by atoms with E-state index >= 15 is 0 Å². The molecule has 4 atom stereocenters. The van der Waals surface area contributed by atoms with Gasteiger partial charge in [0, 0.05) is 13.0 Å². The lowest BCUT2D eigenvalue weighted by atomic mass is 9.78. The number of fused-ring (bicyclic) bond motifs is 1. The average Bonchev–Trinajstić information content (AvgIpc) is 3.00. The molecule has 0 saturated heterocycles. The highest BCUT2D eigenvalue weighted by Gasteiger charge is 2.38. The maximum atomic E-state index is 11.5. The monoisotopic (exact) mass is 322 g/mol. The third-order valence-corrected chi connectivity index (χ3v) is 4.40. The van der Waals surface area contributed by atoms with Crippen LogP contribution >= 0.6 is 0 Å². The Balaban J connectivity index is 2.16. The lowest BCUT2D eigenvalue weighted by Gasteiger charge is -2.36. The van der Waals surface area contributed by atoms with Crippen LogP contribution in [0.25, 0.3) is 5.57 Å². The summed E-state index contributed by atoms with van der Waals surface area (Å²) < 4.78 is 15.7. The summed E-state index contributed by atoms with van der Waals surface area (Å²) in [6.45, 7) is 1.77. The van der Waals surface area contributed by atoms with Crippen molar-refractivity contribution in [3.63, 3.8) is 0 Å². The second-order valence-corrected chi connectivity index (χ2v) is 5.63. The molecule has 0 saturated carbocycles. The number of phenols is 1. The van der Waals surface area contributed by atoms with Crippen molar-refractivity contribution in [2.24, 2.45) is 5.92 Å². The van der Waals surface area contributed by atoms with Crippen molar-refractivity contribution >= 4 is 11.9 Å². The van der Waals surface area contributed by atoms with Crippen molar-refractivity contribution in [3.05, 3.63) is 23.3 Å². The quantitative estimate of drug-likeness (QED) is 0.704. The van der Waals surface area contributed by atoms with E-state index in [1.54, 1.807) is 6.07 Å². The SMILES string of the molecule is COC1C(C)C(c2cc3c(c(O)c2C=O)OCO3)=CC(O)C1O. The minimum Gasteiger partial charge on any atom is -0.504 e. The number of hydrogen-bond acceptors (Lipinski definition) is 7. The molecule has 3 N–H and O–H groups in total. The Morgan fingerprint density at radius 3 is 2.74 bits per heavy atom.